The van der Waals surface area contributed by atoms with E-state index in [0.717, 1.165) is 5.56 Å². The molecule has 1 aromatic carbocycles. The molecule has 0 aliphatic rings. The Labute approximate surface area is 127 Å². The number of benzene rings is 1. The van der Waals surface area contributed by atoms with Crippen LogP contribution in [0.3, 0.4) is 0 Å². The number of hydrogen-bond acceptors (Lipinski definition) is 3. The summed E-state index contributed by atoms with van der Waals surface area (Å²) >= 11 is 0. The van der Waals surface area contributed by atoms with Gasteiger partial charge >= 0.3 is 0 Å². The molecule has 0 bridgehead atoms. The van der Waals surface area contributed by atoms with Gasteiger partial charge in [0.1, 0.15) is 0 Å². The van der Waals surface area contributed by atoms with Crippen molar-refractivity contribution in [1.29, 1.82) is 0 Å². The summed E-state index contributed by atoms with van der Waals surface area (Å²) in [5, 5.41) is 8.09. The molecule has 0 spiro atoms. The molecular formula is C15H24N2O3S. The summed E-state index contributed by atoms with van der Waals surface area (Å²) in [5.41, 5.74) is 1.51. The van der Waals surface area contributed by atoms with E-state index in [-0.39, 0.29) is 22.3 Å². The van der Waals surface area contributed by atoms with Crippen molar-refractivity contribution in [2.75, 3.05) is 0 Å². The minimum atomic E-state index is -3.84. The summed E-state index contributed by atoms with van der Waals surface area (Å²) in [6, 6.07) is 2.96. The van der Waals surface area contributed by atoms with Crippen molar-refractivity contribution in [2.45, 2.75) is 52.5 Å². The highest BCUT2D eigenvalue weighted by Gasteiger charge is 2.24. The lowest BCUT2D eigenvalue weighted by molar-refractivity contribution is 0.0909. The highest BCUT2D eigenvalue weighted by molar-refractivity contribution is 7.89. The van der Waals surface area contributed by atoms with Crippen LogP contribution in [0.2, 0.25) is 0 Å². The fourth-order valence-electron chi connectivity index (χ4n) is 1.87. The van der Waals surface area contributed by atoms with Crippen molar-refractivity contribution in [3.63, 3.8) is 0 Å². The van der Waals surface area contributed by atoms with Gasteiger partial charge in [-0.05, 0) is 43.4 Å². The number of nitrogens with one attached hydrogen (secondary N) is 1. The topological polar surface area (TPSA) is 89.3 Å². The molecule has 0 aliphatic heterocycles. The van der Waals surface area contributed by atoms with E-state index < -0.39 is 10.0 Å². The van der Waals surface area contributed by atoms with E-state index in [2.05, 4.69) is 5.32 Å². The molecule has 0 aromatic heterocycles. The first kappa shape index (κ1) is 17.7. The van der Waals surface area contributed by atoms with Gasteiger partial charge in [0.2, 0.25) is 10.0 Å². The Hall–Kier alpha value is -1.40. The Kier molecular flexibility index (Phi) is 4.85. The fraction of sp³-hybridized carbons (Fsp3) is 0.533. The maximum Gasteiger partial charge on any atom is 0.251 e. The van der Waals surface area contributed by atoms with E-state index in [4.69, 9.17) is 5.14 Å². The van der Waals surface area contributed by atoms with Gasteiger partial charge in [-0.1, -0.05) is 26.8 Å². The molecule has 118 valence electrons. The normalized spacial score (nSPS) is 13.9. The van der Waals surface area contributed by atoms with Gasteiger partial charge in [0.05, 0.1) is 4.90 Å². The van der Waals surface area contributed by atoms with E-state index in [9.17, 15) is 13.2 Å². The molecule has 1 unspecified atom stereocenters. The van der Waals surface area contributed by atoms with Crippen LogP contribution in [0.5, 0.6) is 0 Å². The summed E-state index contributed by atoms with van der Waals surface area (Å²) < 4.78 is 23.1. The highest BCUT2D eigenvalue weighted by atomic mass is 32.2. The SMILES string of the molecule is Cc1cc(C)c(S(N)(=O)=O)cc1C(=O)NC(C)C(C)(C)C. The van der Waals surface area contributed by atoms with Gasteiger partial charge < -0.3 is 5.32 Å². The fourth-order valence-corrected chi connectivity index (χ4v) is 2.66. The van der Waals surface area contributed by atoms with Gasteiger partial charge in [0.15, 0.2) is 0 Å². The zero-order chi connectivity index (χ0) is 16.6. The van der Waals surface area contributed by atoms with Crippen molar-refractivity contribution in [2.24, 2.45) is 10.6 Å². The predicted octanol–water partition coefficient (Wildman–Crippen LogP) is 2.12. The minimum Gasteiger partial charge on any atom is -0.349 e. The molecule has 3 N–H and O–H groups in total. The van der Waals surface area contributed by atoms with Gasteiger partial charge in [-0.2, -0.15) is 0 Å². The van der Waals surface area contributed by atoms with Crippen molar-refractivity contribution >= 4 is 15.9 Å². The second kappa shape index (κ2) is 5.77. The third kappa shape index (κ3) is 4.28. The summed E-state index contributed by atoms with van der Waals surface area (Å²) in [7, 11) is -3.84. The average molecular weight is 312 g/mol. The van der Waals surface area contributed by atoms with Crippen molar-refractivity contribution in [1.82, 2.24) is 5.32 Å². The van der Waals surface area contributed by atoms with Crippen LogP contribution in [0.25, 0.3) is 0 Å². The Morgan fingerprint density at radius 3 is 2.14 bits per heavy atom. The second-order valence-corrected chi connectivity index (χ2v) is 8.07. The molecule has 1 rings (SSSR count). The van der Waals surface area contributed by atoms with Crippen LogP contribution in [-0.4, -0.2) is 20.4 Å². The number of carbonyl (C=O) groups is 1. The molecule has 0 saturated heterocycles. The van der Waals surface area contributed by atoms with Crippen LogP contribution in [0.15, 0.2) is 17.0 Å². The first-order valence-electron chi connectivity index (χ1n) is 6.79. The molecule has 1 aromatic rings. The number of sulfonamides is 1. The molecule has 0 fully saturated rings. The molecule has 0 saturated carbocycles. The first-order chi connectivity index (χ1) is 9.34. The third-order valence-electron chi connectivity index (χ3n) is 3.72. The van der Waals surface area contributed by atoms with Crippen molar-refractivity contribution in [3.05, 3.63) is 28.8 Å². The van der Waals surface area contributed by atoms with E-state index in [0.29, 0.717) is 11.1 Å². The molecule has 1 amide bonds. The smallest absolute Gasteiger partial charge is 0.251 e. The lowest BCUT2D eigenvalue weighted by Gasteiger charge is -2.28. The summed E-state index contributed by atoms with van der Waals surface area (Å²) in [6.07, 6.45) is 0. The van der Waals surface area contributed by atoms with Gasteiger partial charge in [-0.15, -0.1) is 0 Å². The number of primary sulfonamides is 1. The molecule has 6 heteroatoms. The van der Waals surface area contributed by atoms with Gasteiger partial charge in [0, 0.05) is 11.6 Å². The van der Waals surface area contributed by atoms with Crippen LogP contribution < -0.4 is 10.5 Å². The highest BCUT2D eigenvalue weighted by Crippen LogP contribution is 2.22. The van der Waals surface area contributed by atoms with Gasteiger partial charge in [-0.25, -0.2) is 13.6 Å². The quantitative estimate of drug-likeness (QED) is 0.896. The van der Waals surface area contributed by atoms with Crippen LogP contribution in [0, 0.1) is 19.3 Å². The lowest BCUT2D eigenvalue weighted by atomic mass is 9.88. The maximum atomic E-state index is 12.4. The number of nitrogens with two attached hydrogens (primary N) is 1. The zero-order valence-corrected chi connectivity index (χ0v) is 14.3. The van der Waals surface area contributed by atoms with Crippen LogP contribution in [-0.2, 0) is 10.0 Å². The third-order valence-corrected chi connectivity index (χ3v) is 4.77. The molecule has 21 heavy (non-hydrogen) atoms. The summed E-state index contributed by atoms with van der Waals surface area (Å²) in [5.74, 6) is -0.292. The monoisotopic (exact) mass is 312 g/mol. The zero-order valence-electron chi connectivity index (χ0n) is 13.4. The van der Waals surface area contributed by atoms with Crippen LogP contribution >= 0.6 is 0 Å². The number of carbonyl (C=O) groups excluding carboxylic acids is 1. The molecule has 1 atom stereocenters. The van der Waals surface area contributed by atoms with Gasteiger partial charge in [-0.3, -0.25) is 4.79 Å². The molecule has 0 aliphatic carbocycles. The van der Waals surface area contributed by atoms with E-state index in [1.165, 1.54) is 6.07 Å². The number of hydrogen-bond donors (Lipinski definition) is 2. The van der Waals surface area contributed by atoms with Gasteiger partial charge in [0.25, 0.3) is 5.91 Å². The Bertz CT molecular complexity index is 658. The largest absolute Gasteiger partial charge is 0.349 e. The lowest BCUT2D eigenvalue weighted by Crippen LogP contribution is -2.41. The van der Waals surface area contributed by atoms with Crippen LogP contribution in [0.4, 0.5) is 0 Å². The second-order valence-electron chi connectivity index (χ2n) is 6.54. The summed E-state index contributed by atoms with van der Waals surface area (Å²) in [6.45, 7) is 11.4. The number of aryl methyl sites for hydroxylation is 2. The van der Waals surface area contributed by atoms with E-state index in [1.807, 2.05) is 27.7 Å². The Morgan fingerprint density at radius 1 is 1.19 bits per heavy atom. The Balaban J connectivity index is 3.23. The predicted molar refractivity (Wildman–Crippen MR) is 83.7 cm³/mol. The van der Waals surface area contributed by atoms with Crippen molar-refractivity contribution < 1.29 is 13.2 Å². The minimum absolute atomic E-state index is 0.0124. The summed E-state index contributed by atoms with van der Waals surface area (Å²) in [4.78, 5) is 12.4. The average Bonchev–Trinajstić information content (AvgIpc) is 2.25. The number of amides is 1. The van der Waals surface area contributed by atoms with Crippen molar-refractivity contribution in [3.8, 4) is 0 Å². The maximum absolute atomic E-state index is 12.4. The molecular weight excluding hydrogens is 288 g/mol. The van der Waals surface area contributed by atoms with Crippen LogP contribution in [0.1, 0.15) is 49.2 Å². The Morgan fingerprint density at radius 2 is 1.71 bits per heavy atom. The standard InChI is InChI=1S/C15H24N2O3S/c1-9-7-10(2)13(21(16,19)20)8-12(9)14(18)17-11(3)15(4,5)6/h7-8,11H,1-6H3,(H,17,18)(H2,16,19,20). The molecule has 0 radical (unpaired) electrons. The molecule has 5 nitrogen and oxygen atoms in total. The van der Waals surface area contributed by atoms with E-state index in [1.54, 1.807) is 19.9 Å². The first-order valence-corrected chi connectivity index (χ1v) is 8.33. The molecule has 0 heterocycles. The van der Waals surface area contributed by atoms with E-state index >= 15 is 0 Å². The number of rotatable bonds is 3.